The molecule has 0 aliphatic carbocycles. The molecule has 0 unspecified atom stereocenters. The number of fused-ring (bicyclic) bond motifs is 12. The van der Waals surface area contributed by atoms with Gasteiger partial charge < -0.3 is 8.98 Å². The van der Waals surface area contributed by atoms with Crippen LogP contribution in [0, 0.1) is 0 Å². The van der Waals surface area contributed by atoms with Gasteiger partial charge in [0.25, 0.3) is 0 Å². The van der Waals surface area contributed by atoms with Crippen molar-refractivity contribution in [2.24, 2.45) is 0 Å². The molecule has 0 amide bonds. The van der Waals surface area contributed by atoms with Crippen molar-refractivity contribution < 1.29 is 4.42 Å². The Morgan fingerprint density at radius 3 is 2.36 bits per heavy atom. The molecule has 4 heterocycles. The maximum Gasteiger partial charge on any atom is 0.160 e. The molecule has 4 aromatic carbocycles. The van der Waals surface area contributed by atoms with E-state index in [1.165, 1.54) is 36.3 Å². The molecule has 4 aromatic heterocycles. The first-order chi connectivity index (χ1) is 16.4. The van der Waals surface area contributed by atoms with E-state index >= 15 is 0 Å². The van der Waals surface area contributed by atoms with Crippen molar-refractivity contribution in [2.75, 3.05) is 0 Å². The number of rotatable bonds is 1. The van der Waals surface area contributed by atoms with Crippen LogP contribution < -0.4 is 0 Å². The molecule has 154 valence electrons. The molecule has 0 spiro atoms. The zero-order valence-corrected chi connectivity index (χ0v) is 18.3. The lowest BCUT2D eigenvalue weighted by molar-refractivity contribution is 0.671. The molecular formula is C29H16N2OS. The smallest absolute Gasteiger partial charge is 0.160 e. The Labute approximate surface area is 192 Å². The van der Waals surface area contributed by atoms with Crippen LogP contribution in [0.15, 0.2) is 102 Å². The van der Waals surface area contributed by atoms with Crippen LogP contribution in [0.1, 0.15) is 0 Å². The van der Waals surface area contributed by atoms with Crippen molar-refractivity contribution in [3.05, 3.63) is 97.3 Å². The fourth-order valence-electron chi connectivity index (χ4n) is 5.37. The Balaban J connectivity index is 1.80. The summed E-state index contributed by atoms with van der Waals surface area (Å²) in [6, 6.07) is 29.8. The van der Waals surface area contributed by atoms with Crippen LogP contribution in [0.5, 0.6) is 0 Å². The fraction of sp³-hybridized carbons (Fsp3) is 0. The van der Waals surface area contributed by atoms with Crippen molar-refractivity contribution in [1.82, 2.24) is 9.55 Å². The van der Waals surface area contributed by atoms with Gasteiger partial charge in [-0.3, -0.25) is 4.98 Å². The van der Waals surface area contributed by atoms with E-state index in [-0.39, 0.29) is 0 Å². The highest BCUT2D eigenvalue weighted by Crippen LogP contribution is 2.50. The Hall–Kier alpha value is -4.15. The number of pyridine rings is 1. The molecule has 8 aromatic rings. The van der Waals surface area contributed by atoms with Gasteiger partial charge in [0, 0.05) is 47.9 Å². The van der Waals surface area contributed by atoms with E-state index in [1.807, 2.05) is 35.9 Å². The lowest BCUT2D eigenvalue weighted by Gasteiger charge is -2.07. The highest BCUT2D eigenvalue weighted by Gasteiger charge is 2.25. The summed E-state index contributed by atoms with van der Waals surface area (Å²) in [4.78, 5) is 4.43. The minimum Gasteiger partial charge on any atom is -0.454 e. The molecule has 0 N–H and O–H groups in total. The first-order valence-corrected chi connectivity index (χ1v) is 11.8. The first-order valence-electron chi connectivity index (χ1n) is 11.0. The van der Waals surface area contributed by atoms with E-state index in [0.29, 0.717) is 0 Å². The van der Waals surface area contributed by atoms with Gasteiger partial charge in [0.05, 0.1) is 22.9 Å². The van der Waals surface area contributed by atoms with Crippen molar-refractivity contribution in [3.8, 4) is 5.69 Å². The minimum atomic E-state index is 0.916. The SMILES string of the molecule is c1cncc(-n2c3ccccc3c3c4sc5ccccc5c4c4c5ccccc5oc4c32)c1. The van der Waals surface area contributed by atoms with Gasteiger partial charge in [-0.15, -0.1) is 11.3 Å². The zero-order valence-electron chi connectivity index (χ0n) is 17.4. The highest BCUT2D eigenvalue weighted by molar-refractivity contribution is 7.27. The topological polar surface area (TPSA) is 31.0 Å². The summed E-state index contributed by atoms with van der Waals surface area (Å²) in [7, 11) is 0. The third-order valence-electron chi connectivity index (χ3n) is 6.66. The van der Waals surface area contributed by atoms with Crippen LogP contribution in [0.2, 0.25) is 0 Å². The molecule has 8 rings (SSSR count). The van der Waals surface area contributed by atoms with Gasteiger partial charge in [0.15, 0.2) is 5.58 Å². The van der Waals surface area contributed by atoms with Gasteiger partial charge in [-0.2, -0.15) is 0 Å². The largest absolute Gasteiger partial charge is 0.454 e. The van der Waals surface area contributed by atoms with Crippen LogP contribution in [0.25, 0.3) is 69.6 Å². The quantitative estimate of drug-likeness (QED) is 0.256. The molecule has 33 heavy (non-hydrogen) atoms. The summed E-state index contributed by atoms with van der Waals surface area (Å²) in [5.74, 6) is 0. The second-order valence-electron chi connectivity index (χ2n) is 8.39. The van der Waals surface area contributed by atoms with Crippen LogP contribution in [0.3, 0.4) is 0 Å². The molecule has 3 nitrogen and oxygen atoms in total. The summed E-state index contributed by atoms with van der Waals surface area (Å²) >= 11 is 1.87. The van der Waals surface area contributed by atoms with E-state index in [0.717, 1.165) is 33.3 Å². The summed E-state index contributed by atoms with van der Waals surface area (Å²) in [6.45, 7) is 0. The molecule has 0 bridgehead atoms. The van der Waals surface area contributed by atoms with Gasteiger partial charge >= 0.3 is 0 Å². The Bertz CT molecular complexity index is 2030. The molecule has 0 saturated carbocycles. The predicted molar refractivity (Wildman–Crippen MR) is 139 cm³/mol. The summed E-state index contributed by atoms with van der Waals surface area (Å²) in [5, 5.41) is 7.41. The number of thiophene rings is 1. The maximum absolute atomic E-state index is 6.65. The van der Waals surface area contributed by atoms with Gasteiger partial charge in [-0.05, 0) is 30.3 Å². The monoisotopic (exact) mass is 440 g/mol. The van der Waals surface area contributed by atoms with Crippen molar-refractivity contribution >= 4 is 75.3 Å². The molecule has 0 atom stereocenters. The zero-order chi connectivity index (χ0) is 21.5. The number of hydrogen-bond donors (Lipinski definition) is 0. The summed E-state index contributed by atoms with van der Waals surface area (Å²) in [6.07, 6.45) is 3.74. The normalized spacial score (nSPS) is 12.2. The third-order valence-corrected chi connectivity index (χ3v) is 7.85. The molecule has 0 radical (unpaired) electrons. The van der Waals surface area contributed by atoms with Gasteiger partial charge in [-0.25, -0.2) is 0 Å². The maximum atomic E-state index is 6.65. The molecular weight excluding hydrogens is 424 g/mol. The predicted octanol–water partition coefficient (Wildman–Crippen LogP) is 8.45. The molecule has 0 aliphatic heterocycles. The number of aromatic nitrogens is 2. The van der Waals surface area contributed by atoms with E-state index in [9.17, 15) is 0 Å². The highest BCUT2D eigenvalue weighted by atomic mass is 32.1. The lowest BCUT2D eigenvalue weighted by atomic mass is 10.0. The third kappa shape index (κ3) is 2.16. The molecule has 0 fully saturated rings. The number of nitrogens with zero attached hydrogens (tertiary/aromatic N) is 2. The van der Waals surface area contributed by atoms with Crippen LogP contribution in [0.4, 0.5) is 0 Å². The van der Waals surface area contributed by atoms with Crippen molar-refractivity contribution in [2.45, 2.75) is 0 Å². The number of para-hydroxylation sites is 2. The average molecular weight is 441 g/mol. The second-order valence-corrected chi connectivity index (χ2v) is 9.44. The minimum absolute atomic E-state index is 0.916. The van der Waals surface area contributed by atoms with E-state index in [4.69, 9.17) is 4.42 Å². The number of furan rings is 1. The van der Waals surface area contributed by atoms with Crippen LogP contribution >= 0.6 is 11.3 Å². The lowest BCUT2D eigenvalue weighted by Crippen LogP contribution is -1.94. The van der Waals surface area contributed by atoms with E-state index < -0.39 is 0 Å². The molecule has 0 aliphatic rings. The second kappa shape index (κ2) is 6.21. The Kier molecular flexibility index (Phi) is 3.28. The van der Waals surface area contributed by atoms with Crippen molar-refractivity contribution in [3.63, 3.8) is 0 Å². The van der Waals surface area contributed by atoms with E-state index in [1.54, 1.807) is 0 Å². The van der Waals surface area contributed by atoms with Gasteiger partial charge in [0.2, 0.25) is 0 Å². The summed E-state index contributed by atoms with van der Waals surface area (Å²) < 4.78 is 11.6. The number of hydrogen-bond acceptors (Lipinski definition) is 3. The first kappa shape index (κ1) is 17.4. The van der Waals surface area contributed by atoms with Gasteiger partial charge in [0.1, 0.15) is 5.58 Å². The van der Waals surface area contributed by atoms with Gasteiger partial charge in [-0.1, -0.05) is 54.6 Å². The van der Waals surface area contributed by atoms with Crippen molar-refractivity contribution in [1.29, 1.82) is 0 Å². The van der Waals surface area contributed by atoms with Crippen LogP contribution in [-0.4, -0.2) is 9.55 Å². The molecule has 0 saturated heterocycles. The van der Waals surface area contributed by atoms with Crippen LogP contribution in [-0.2, 0) is 0 Å². The molecule has 4 heteroatoms. The summed E-state index contributed by atoms with van der Waals surface area (Å²) in [5.41, 5.74) is 5.15. The fourth-order valence-corrected chi connectivity index (χ4v) is 6.64. The standard InChI is InChI=1S/C29H16N2OS/c1-4-12-21-18(9-1)26-27(31(21)17-8-7-15-30-16-17)28-24(19-10-2-5-13-22(19)32-28)25-20-11-3-6-14-23(20)33-29(25)26/h1-16H. The van der Waals surface area contributed by atoms with E-state index in [2.05, 4.69) is 82.3 Å². The number of benzene rings is 4. The average Bonchev–Trinajstić information content (AvgIpc) is 3.53. The Morgan fingerprint density at radius 2 is 1.48 bits per heavy atom. The Morgan fingerprint density at radius 1 is 0.697 bits per heavy atom.